The standard InChI is InChI=1S/C22H23N3O3/c1-28-22(27)19-11-7-10-18(14-23)21(19)24-20(26)16-25(12-5-6-13-25)15-17-8-3-2-4-9-17/h2-4,7-11H,5-6,12-13,15-16H2,1H3/p+1. The molecule has 0 bridgehead atoms. The lowest BCUT2D eigenvalue weighted by Crippen LogP contribution is -2.49. The van der Waals surface area contributed by atoms with Crippen molar-refractivity contribution in [1.82, 2.24) is 0 Å². The van der Waals surface area contributed by atoms with E-state index in [1.54, 1.807) is 18.2 Å². The summed E-state index contributed by atoms with van der Waals surface area (Å²) in [5, 5.41) is 12.2. The Morgan fingerprint density at radius 3 is 2.46 bits per heavy atom. The monoisotopic (exact) mass is 378 g/mol. The molecule has 6 nitrogen and oxygen atoms in total. The first-order valence-corrected chi connectivity index (χ1v) is 9.37. The van der Waals surface area contributed by atoms with Gasteiger partial charge in [0.1, 0.15) is 12.6 Å². The number of amides is 1. The van der Waals surface area contributed by atoms with Crippen LogP contribution in [0.4, 0.5) is 5.69 Å². The van der Waals surface area contributed by atoms with E-state index in [0.29, 0.717) is 11.0 Å². The Bertz CT molecular complexity index is 897. The number of methoxy groups -OCH3 is 1. The van der Waals surface area contributed by atoms with Crippen LogP contribution in [0.1, 0.15) is 34.3 Å². The normalized spacial score (nSPS) is 14.9. The van der Waals surface area contributed by atoms with Gasteiger partial charge in [-0.05, 0) is 12.1 Å². The number of esters is 1. The molecule has 1 fully saturated rings. The molecule has 1 amide bonds. The predicted molar refractivity (Wildman–Crippen MR) is 105 cm³/mol. The third-order valence-corrected chi connectivity index (χ3v) is 5.21. The summed E-state index contributed by atoms with van der Waals surface area (Å²) < 4.78 is 5.47. The number of hydrogen-bond acceptors (Lipinski definition) is 4. The molecule has 2 aromatic carbocycles. The summed E-state index contributed by atoms with van der Waals surface area (Å²) >= 11 is 0. The van der Waals surface area contributed by atoms with Gasteiger partial charge >= 0.3 is 5.97 Å². The highest BCUT2D eigenvalue weighted by atomic mass is 16.5. The van der Waals surface area contributed by atoms with Crippen molar-refractivity contribution in [3.05, 3.63) is 65.2 Å². The second kappa shape index (κ2) is 8.68. The van der Waals surface area contributed by atoms with E-state index in [9.17, 15) is 14.9 Å². The Labute approximate surface area is 164 Å². The van der Waals surface area contributed by atoms with Crippen LogP contribution in [0.5, 0.6) is 0 Å². The molecule has 6 heteroatoms. The molecule has 1 aliphatic heterocycles. The molecule has 0 saturated carbocycles. The zero-order chi connectivity index (χ0) is 20.0. The van der Waals surface area contributed by atoms with Crippen LogP contribution in [0.3, 0.4) is 0 Å². The maximum Gasteiger partial charge on any atom is 0.340 e. The van der Waals surface area contributed by atoms with Crippen LogP contribution in [0.25, 0.3) is 0 Å². The van der Waals surface area contributed by atoms with Crippen LogP contribution in [-0.4, -0.2) is 43.1 Å². The quantitative estimate of drug-likeness (QED) is 0.619. The van der Waals surface area contributed by atoms with Gasteiger partial charge in [0.2, 0.25) is 0 Å². The molecule has 144 valence electrons. The van der Waals surface area contributed by atoms with E-state index in [1.807, 2.05) is 24.3 Å². The molecule has 0 aliphatic carbocycles. The van der Waals surface area contributed by atoms with Crippen LogP contribution in [0, 0.1) is 11.3 Å². The molecular formula is C22H24N3O3+. The predicted octanol–water partition coefficient (Wildman–Crippen LogP) is 3.09. The Balaban J connectivity index is 1.81. The number of likely N-dealkylation sites (tertiary alicyclic amines) is 1. The fourth-order valence-electron chi connectivity index (χ4n) is 3.89. The minimum Gasteiger partial charge on any atom is -0.465 e. The molecule has 0 spiro atoms. The van der Waals surface area contributed by atoms with E-state index in [0.717, 1.165) is 32.5 Å². The van der Waals surface area contributed by atoms with E-state index in [-0.39, 0.29) is 22.7 Å². The van der Waals surface area contributed by atoms with Gasteiger partial charge in [0, 0.05) is 18.4 Å². The summed E-state index contributed by atoms with van der Waals surface area (Å²) in [5.74, 6) is -0.785. The van der Waals surface area contributed by atoms with Crippen molar-refractivity contribution >= 4 is 17.6 Å². The number of carbonyl (C=O) groups is 2. The van der Waals surface area contributed by atoms with Gasteiger partial charge in [-0.3, -0.25) is 4.79 Å². The molecule has 0 aromatic heterocycles. The van der Waals surface area contributed by atoms with Gasteiger partial charge in [-0.25, -0.2) is 4.79 Å². The Morgan fingerprint density at radius 1 is 1.11 bits per heavy atom. The molecule has 1 heterocycles. The minimum atomic E-state index is -0.582. The molecule has 1 saturated heterocycles. The second-order valence-electron chi connectivity index (χ2n) is 7.18. The summed E-state index contributed by atoms with van der Waals surface area (Å²) in [7, 11) is 1.28. The summed E-state index contributed by atoms with van der Waals surface area (Å²) in [6, 6.07) is 16.9. The molecule has 0 radical (unpaired) electrons. The number of rotatable bonds is 6. The van der Waals surface area contributed by atoms with Gasteiger partial charge in [0.15, 0.2) is 6.54 Å². The van der Waals surface area contributed by atoms with Crippen LogP contribution >= 0.6 is 0 Å². The number of nitrogens with one attached hydrogen (secondary N) is 1. The van der Waals surface area contributed by atoms with Crippen LogP contribution in [-0.2, 0) is 16.1 Å². The average Bonchev–Trinajstić information content (AvgIpc) is 3.15. The lowest BCUT2D eigenvalue weighted by molar-refractivity contribution is -0.922. The Kier molecular flexibility index (Phi) is 6.07. The number of anilines is 1. The number of benzene rings is 2. The molecule has 1 aliphatic rings. The van der Waals surface area contributed by atoms with Crippen molar-refractivity contribution in [1.29, 1.82) is 5.26 Å². The smallest absolute Gasteiger partial charge is 0.340 e. The van der Waals surface area contributed by atoms with Gasteiger partial charge in [-0.2, -0.15) is 5.26 Å². The fraction of sp³-hybridized carbons (Fsp3) is 0.318. The molecule has 28 heavy (non-hydrogen) atoms. The van der Waals surface area contributed by atoms with E-state index >= 15 is 0 Å². The number of nitriles is 1. The first-order valence-electron chi connectivity index (χ1n) is 9.37. The van der Waals surface area contributed by atoms with Crippen molar-refractivity contribution in [2.45, 2.75) is 19.4 Å². The Morgan fingerprint density at radius 2 is 1.82 bits per heavy atom. The zero-order valence-electron chi connectivity index (χ0n) is 16.0. The highest BCUT2D eigenvalue weighted by Crippen LogP contribution is 2.25. The lowest BCUT2D eigenvalue weighted by atomic mass is 10.1. The first-order chi connectivity index (χ1) is 13.6. The minimum absolute atomic E-state index is 0.186. The molecule has 0 unspecified atom stereocenters. The van der Waals surface area contributed by atoms with Crippen molar-refractivity contribution in [3.63, 3.8) is 0 Å². The number of hydrogen-bond donors (Lipinski definition) is 1. The highest BCUT2D eigenvalue weighted by molar-refractivity contribution is 6.03. The van der Waals surface area contributed by atoms with Crippen molar-refractivity contribution in [3.8, 4) is 6.07 Å². The van der Waals surface area contributed by atoms with E-state index < -0.39 is 5.97 Å². The Hall–Kier alpha value is -3.17. The molecule has 0 atom stereocenters. The van der Waals surface area contributed by atoms with Crippen molar-refractivity contribution < 1.29 is 18.8 Å². The maximum absolute atomic E-state index is 12.9. The largest absolute Gasteiger partial charge is 0.465 e. The number of ether oxygens (including phenoxy) is 1. The van der Waals surface area contributed by atoms with Gasteiger partial charge in [-0.1, -0.05) is 36.4 Å². The van der Waals surface area contributed by atoms with E-state index in [1.165, 1.54) is 12.7 Å². The third-order valence-electron chi connectivity index (χ3n) is 5.21. The molecule has 2 aromatic rings. The average molecular weight is 378 g/mol. The summed E-state index contributed by atoms with van der Waals surface area (Å²) in [5.41, 5.74) is 1.85. The summed E-state index contributed by atoms with van der Waals surface area (Å²) in [6.45, 7) is 2.96. The number of quaternary nitrogens is 1. The van der Waals surface area contributed by atoms with Crippen LogP contribution in [0.2, 0.25) is 0 Å². The highest BCUT2D eigenvalue weighted by Gasteiger charge is 2.35. The maximum atomic E-state index is 12.9. The second-order valence-corrected chi connectivity index (χ2v) is 7.18. The zero-order valence-corrected chi connectivity index (χ0v) is 16.0. The summed E-state index contributed by atoms with van der Waals surface area (Å²) in [4.78, 5) is 25.0. The van der Waals surface area contributed by atoms with Crippen molar-refractivity contribution in [2.24, 2.45) is 0 Å². The SMILES string of the molecule is COC(=O)c1cccc(C#N)c1NC(=O)C[N+]1(Cc2ccccc2)CCCC1. The van der Waals surface area contributed by atoms with Crippen LogP contribution in [0.15, 0.2) is 48.5 Å². The van der Waals surface area contributed by atoms with Crippen molar-refractivity contribution in [2.75, 3.05) is 32.1 Å². The molecule has 3 rings (SSSR count). The van der Waals surface area contributed by atoms with Gasteiger partial charge in [0.05, 0.1) is 37.0 Å². The van der Waals surface area contributed by atoms with E-state index in [2.05, 4.69) is 17.4 Å². The first kappa shape index (κ1) is 19.6. The number of carbonyl (C=O) groups excluding carboxylic acids is 2. The fourth-order valence-corrected chi connectivity index (χ4v) is 3.89. The molecular weight excluding hydrogens is 354 g/mol. The number of nitrogens with zero attached hydrogens (tertiary/aromatic N) is 2. The van der Waals surface area contributed by atoms with E-state index in [4.69, 9.17) is 4.74 Å². The third kappa shape index (κ3) is 4.38. The topological polar surface area (TPSA) is 79.2 Å². The number of para-hydroxylation sites is 1. The van der Waals surface area contributed by atoms with Crippen LogP contribution < -0.4 is 5.32 Å². The molecule has 1 N–H and O–H groups in total. The van der Waals surface area contributed by atoms with Gasteiger partial charge in [-0.15, -0.1) is 0 Å². The summed E-state index contributed by atoms with van der Waals surface area (Å²) in [6.07, 6.45) is 2.17. The van der Waals surface area contributed by atoms with Gasteiger partial charge < -0.3 is 14.5 Å². The lowest BCUT2D eigenvalue weighted by Gasteiger charge is -2.33. The van der Waals surface area contributed by atoms with Gasteiger partial charge in [0.25, 0.3) is 5.91 Å².